The monoisotopic (exact) mass is 307 g/mol. The minimum Gasteiger partial charge on any atom is -0.496 e. The highest BCUT2D eigenvalue weighted by Gasteiger charge is 2.13. The average Bonchev–Trinajstić information content (AvgIpc) is 2.46. The van der Waals surface area contributed by atoms with Crippen molar-refractivity contribution < 1.29 is 9.53 Å². The molecule has 2 aromatic rings. The molecule has 0 atom stereocenters. The van der Waals surface area contributed by atoms with Gasteiger partial charge in [0, 0.05) is 6.20 Å². The van der Waals surface area contributed by atoms with Gasteiger partial charge in [-0.25, -0.2) is 4.98 Å². The van der Waals surface area contributed by atoms with E-state index in [0.29, 0.717) is 22.1 Å². The molecule has 0 N–H and O–H groups in total. The molecule has 3 nitrogen and oxygen atoms in total. The van der Waals surface area contributed by atoms with Crippen LogP contribution in [0.15, 0.2) is 41.6 Å². The molecule has 0 aliphatic carbocycles. The number of rotatable bonds is 5. The highest BCUT2D eigenvalue weighted by Crippen LogP contribution is 2.24. The van der Waals surface area contributed by atoms with E-state index in [9.17, 15) is 4.79 Å². The first-order valence-electron chi connectivity index (χ1n) is 6.02. The number of ketones is 1. The first-order chi connectivity index (χ1) is 9.60. The number of methoxy groups -OCH3 is 1. The Hall–Kier alpha value is -1.52. The SMILES string of the molecule is COc1cc(C)ccc1C(=O)CSc1ccc(Cl)cn1. The molecule has 0 unspecified atom stereocenters. The summed E-state index contributed by atoms with van der Waals surface area (Å²) in [4.78, 5) is 16.4. The summed E-state index contributed by atoms with van der Waals surface area (Å²) in [7, 11) is 1.57. The van der Waals surface area contributed by atoms with Gasteiger partial charge in [0.05, 0.1) is 28.5 Å². The molecule has 0 saturated carbocycles. The van der Waals surface area contributed by atoms with Crippen LogP contribution >= 0.6 is 23.4 Å². The highest BCUT2D eigenvalue weighted by atomic mass is 35.5. The number of aryl methyl sites for hydroxylation is 1. The summed E-state index contributed by atoms with van der Waals surface area (Å²) in [5, 5.41) is 1.36. The molecule has 0 radical (unpaired) electrons. The number of thioether (sulfide) groups is 1. The minimum absolute atomic E-state index is 0.0172. The molecule has 0 spiro atoms. The van der Waals surface area contributed by atoms with Gasteiger partial charge in [-0.15, -0.1) is 0 Å². The molecule has 0 bridgehead atoms. The van der Waals surface area contributed by atoms with Gasteiger partial charge in [-0.1, -0.05) is 29.4 Å². The Morgan fingerprint density at radius 2 is 2.15 bits per heavy atom. The van der Waals surface area contributed by atoms with Crippen LogP contribution in [0.3, 0.4) is 0 Å². The normalized spacial score (nSPS) is 10.3. The van der Waals surface area contributed by atoms with Crippen LogP contribution in [0.5, 0.6) is 5.75 Å². The molecule has 0 saturated heterocycles. The predicted octanol–water partition coefficient (Wildman–Crippen LogP) is 4.03. The van der Waals surface area contributed by atoms with Crippen molar-refractivity contribution in [1.82, 2.24) is 4.98 Å². The molecular weight excluding hydrogens is 294 g/mol. The van der Waals surface area contributed by atoms with Crippen molar-refractivity contribution in [2.45, 2.75) is 11.9 Å². The van der Waals surface area contributed by atoms with Gasteiger partial charge in [-0.2, -0.15) is 0 Å². The average molecular weight is 308 g/mol. The molecule has 104 valence electrons. The van der Waals surface area contributed by atoms with Gasteiger partial charge in [-0.3, -0.25) is 4.79 Å². The second kappa shape index (κ2) is 6.77. The second-order valence-corrected chi connectivity index (χ2v) is 5.66. The summed E-state index contributed by atoms with van der Waals surface area (Å²) in [6.07, 6.45) is 1.57. The lowest BCUT2D eigenvalue weighted by molar-refractivity contribution is 0.101. The first kappa shape index (κ1) is 14.9. The maximum absolute atomic E-state index is 12.2. The number of ether oxygens (including phenoxy) is 1. The lowest BCUT2D eigenvalue weighted by Crippen LogP contribution is -2.05. The molecule has 0 aliphatic heterocycles. The third kappa shape index (κ3) is 3.74. The molecular formula is C15H14ClNO2S. The van der Waals surface area contributed by atoms with Gasteiger partial charge in [0.15, 0.2) is 5.78 Å². The summed E-state index contributed by atoms with van der Waals surface area (Å²) in [5.41, 5.74) is 1.66. The number of benzene rings is 1. The zero-order valence-electron chi connectivity index (χ0n) is 11.2. The summed E-state index contributed by atoms with van der Waals surface area (Å²) in [5.74, 6) is 0.942. The molecule has 20 heavy (non-hydrogen) atoms. The molecule has 0 fully saturated rings. The lowest BCUT2D eigenvalue weighted by Gasteiger charge is -2.08. The third-order valence-electron chi connectivity index (χ3n) is 2.71. The van der Waals surface area contributed by atoms with Crippen molar-refractivity contribution in [3.63, 3.8) is 0 Å². The van der Waals surface area contributed by atoms with E-state index in [1.165, 1.54) is 11.8 Å². The van der Waals surface area contributed by atoms with Gasteiger partial charge in [0.1, 0.15) is 5.75 Å². The largest absolute Gasteiger partial charge is 0.496 e. The van der Waals surface area contributed by atoms with Crippen molar-refractivity contribution in [2.75, 3.05) is 12.9 Å². The third-order valence-corrected chi connectivity index (χ3v) is 3.88. The van der Waals surface area contributed by atoms with Crippen LogP contribution < -0.4 is 4.74 Å². The van der Waals surface area contributed by atoms with E-state index in [-0.39, 0.29) is 5.78 Å². The molecule has 0 amide bonds. The topological polar surface area (TPSA) is 39.2 Å². The Bertz CT molecular complexity index is 614. The van der Waals surface area contributed by atoms with Gasteiger partial charge >= 0.3 is 0 Å². The molecule has 1 aromatic carbocycles. The fourth-order valence-electron chi connectivity index (χ4n) is 1.69. The maximum atomic E-state index is 12.2. The van der Waals surface area contributed by atoms with Gasteiger partial charge < -0.3 is 4.74 Å². The Labute approximate surface area is 127 Å². The number of hydrogen-bond donors (Lipinski definition) is 0. The van der Waals surface area contributed by atoms with Crippen LogP contribution in [0.1, 0.15) is 15.9 Å². The van der Waals surface area contributed by atoms with Crippen molar-refractivity contribution in [3.8, 4) is 5.75 Å². The van der Waals surface area contributed by atoms with Crippen molar-refractivity contribution in [1.29, 1.82) is 0 Å². The summed E-state index contributed by atoms with van der Waals surface area (Å²) < 4.78 is 5.25. The molecule has 1 heterocycles. The van der Waals surface area contributed by atoms with Crippen LogP contribution in [0.4, 0.5) is 0 Å². The standard InChI is InChI=1S/C15H14ClNO2S/c1-10-3-5-12(14(7-10)19-2)13(18)9-20-15-6-4-11(16)8-17-15/h3-8H,9H2,1-2H3. The Balaban J connectivity index is 2.07. The van der Waals surface area contributed by atoms with E-state index in [1.54, 1.807) is 31.5 Å². The summed E-state index contributed by atoms with van der Waals surface area (Å²) >= 11 is 7.15. The fraction of sp³-hybridized carbons (Fsp3) is 0.200. The molecule has 5 heteroatoms. The number of pyridine rings is 1. The summed E-state index contributed by atoms with van der Waals surface area (Å²) in [6, 6.07) is 9.12. The number of carbonyl (C=O) groups is 1. The van der Waals surface area contributed by atoms with Gasteiger partial charge in [0.2, 0.25) is 0 Å². The number of nitrogens with zero attached hydrogens (tertiary/aromatic N) is 1. The van der Waals surface area contributed by atoms with Crippen LogP contribution in [0.2, 0.25) is 5.02 Å². The number of halogens is 1. The van der Waals surface area contributed by atoms with Crippen LogP contribution in [0.25, 0.3) is 0 Å². The number of hydrogen-bond acceptors (Lipinski definition) is 4. The Morgan fingerprint density at radius 3 is 2.80 bits per heavy atom. The molecule has 1 aromatic heterocycles. The number of Topliss-reactive ketones (excluding diaryl/α,β-unsaturated/α-hetero) is 1. The number of aromatic nitrogens is 1. The fourth-order valence-corrected chi connectivity index (χ4v) is 2.53. The van der Waals surface area contributed by atoms with Crippen LogP contribution in [0, 0.1) is 6.92 Å². The predicted molar refractivity (Wildman–Crippen MR) is 82.0 cm³/mol. The van der Waals surface area contributed by atoms with E-state index in [4.69, 9.17) is 16.3 Å². The Kier molecular flexibility index (Phi) is 5.04. The highest BCUT2D eigenvalue weighted by molar-refractivity contribution is 7.99. The Morgan fingerprint density at radius 1 is 1.35 bits per heavy atom. The van der Waals surface area contributed by atoms with Crippen LogP contribution in [-0.2, 0) is 0 Å². The van der Waals surface area contributed by atoms with E-state index < -0.39 is 0 Å². The smallest absolute Gasteiger partial charge is 0.176 e. The zero-order valence-corrected chi connectivity index (χ0v) is 12.8. The zero-order chi connectivity index (χ0) is 14.5. The summed E-state index contributed by atoms with van der Waals surface area (Å²) in [6.45, 7) is 1.96. The van der Waals surface area contributed by atoms with E-state index in [0.717, 1.165) is 10.6 Å². The number of carbonyl (C=O) groups excluding carboxylic acids is 1. The maximum Gasteiger partial charge on any atom is 0.176 e. The lowest BCUT2D eigenvalue weighted by atomic mass is 10.1. The molecule has 2 rings (SSSR count). The second-order valence-electron chi connectivity index (χ2n) is 4.23. The van der Waals surface area contributed by atoms with Crippen molar-refractivity contribution in [3.05, 3.63) is 52.7 Å². The van der Waals surface area contributed by atoms with Gasteiger partial charge in [-0.05, 0) is 36.8 Å². The first-order valence-corrected chi connectivity index (χ1v) is 7.38. The quantitative estimate of drug-likeness (QED) is 0.617. The van der Waals surface area contributed by atoms with Crippen LogP contribution in [-0.4, -0.2) is 23.6 Å². The van der Waals surface area contributed by atoms with Crippen molar-refractivity contribution in [2.24, 2.45) is 0 Å². The van der Waals surface area contributed by atoms with E-state index in [2.05, 4.69) is 4.98 Å². The van der Waals surface area contributed by atoms with E-state index in [1.807, 2.05) is 19.1 Å². The van der Waals surface area contributed by atoms with Crippen molar-refractivity contribution >= 4 is 29.1 Å². The minimum atomic E-state index is 0.0172. The molecule has 0 aliphatic rings. The van der Waals surface area contributed by atoms with E-state index >= 15 is 0 Å². The van der Waals surface area contributed by atoms with Gasteiger partial charge in [0.25, 0.3) is 0 Å².